The zero-order chi connectivity index (χ0) is 16.8. The van der Waals surface area contributed by atoms with Crippen LogP contribution in [-0.2, 0) is 11.2 Å². The van der Waals surface area contributed by atoms with E-state index in [0.717, 1.165) is 17.7 Å². The Labute approximate surface area is 137 Å². The van der Waals surface area contributed by atoms with Gasteiger partial charge in [-0.05, 0) is 36.2 Å². The van der Waals surface area contributed by atoms with Crippen molar-refractivity contribution in [2.45, 2.75) is 18.9 Å². The number of aliphatic hydroxyl groups excluding tert-OH is 1. The van der Waals surface area contributed by atoms with Crippen molar-refractivity contribution in [2.24, 2.45) is 0 Å². The molecule has 23 heavy (non-hydrogen) atoms. The molecule has 2 rings (SSSR count). The average molecular weight is 340 g/mol. The highest BCUT2D eigenvalue weighted by Gasteiger charge is 2.18. The number of aryl methyl sites for hydroxylation is 1. The molecule has 1 unspecified atom stereocenters. The summed E-state index contributed by atoms with van der Waals surface area (Å²) in [5.41, 5.74) is 0.469. The summed E-state index contributed by atoms with van der Waals surface area (Å²) in [5.74, 6) is -2.00. The molecule has 122 valence electrons. The number of halogens is 3. The van der Waals surface area contributed by atoms with Gasteiger partial charge in [-0.2, -0.15) is 0 Å². The third kappa shape index (κ3) is 5.01. The van der Waals surface area contributed by atoms with Gasteiger partial charge >= 0.3 is 0 Å². The molecule has 0 heterocycles. The van der Waals surface area contributed by atoms with Crippen molar-refractivity contribution < 1.29 is 18.7 Å². The van der Waals surface area contributed by atoms with E-state index in [9.17, 15) is 18.7 Å². The molecule has 3 nitrogen and oxygen atoms in total. The lowest BCUT2D eigenvalue weighted by atomic mass is 10.1. The molecule has 0 aliphatic carbocycles. The van der Waals surface area contributed by atoms with Gasteiger partial charge in [-0.15, -0.1) is 0 Å². The Balaban J connectivity index is 1.84. The SMILES string of the molecule is O=C(CCc1cccc(Cl)c1)NCC(O)c1c(F)cccc1F. The summed E-state index contributed by atoms with van der Waals surface area (Å²) < 4.78 is 27.0. The molecular weight excluding hydrogens is 324 g/mol. The van der Waals surface area contributed by atoms with Crippen molar-refractivity contribution in [3.63, 3.8) is 0 Å². The van der Waals surface area contributed by atoms with Crippen molar-refractivity contribution in [1.82, 2.24) is 5.32 Å². The van der Waals surface area contributed by atoms with Crippen molar-refractivity contribution in [3.05, 3.63) is 70.2 Å². The van der Waals surface area contributed by atoms with Crippen LogP contribution < -0.4 is 5.32 Å². The first kappa shape index (κ1) is 17.4. The summed E-state index contributed by atoms with van der Waals surface area (Å²) in [7, 11) is 0. The predicted octanol–water partition coefficient (Wildman–Crippen LogP) is 3.40. The molecule has 6 heteroatoms. The van der Waals surface area contributed by atoms with Gasteiger partial charge in [-0.25, -0.2) is 8.78 Å². The molecule has 0 spiro atoms. The topological polar surface area (TPSA) is 49.3 Å². The summed E-state index contributed by atoms with van der Waals surface area (Å²) in [6.07, 6.45) is -0.769. The van der Waals surface area contributed by atoms with Crippen LogP contribution in [0.1, 0.15) is 23.7 Å². The van der Waals surface area contributed by atoms with Gasteiger partial charge in [0.25, 0.3) is 0 Å². The standard InChI is InChI=1S/C17H16ClF2NO2/c18-12-4-1-3-11(9-12)7-8-16(23)21-10-15(22)17-13(19)5-2-6-14(17)20/h1-6,9,15,22H,7-8,10H2,(H,21,23). The molecule has 0 saturated heterocycles. The normalized spacial score (nSPS) is 12.0. The Bertz CT molecular complexity index is 674. The van der Waals surface area contributed by atoms with Crippen LogP contribution in [0.3, 0.4) is 0 Å². The molecule has 2 aromatic carbocycles. The number of carbonyl (C=O) groups is 1. The Morgan fingerprint density at radius 2 is 1.83 bits per heavy atom. The summed E-state index contributed by atoms with van der Waals surface area (Å²) >= 11 is 5.86. The lowest BCUT2D eigenvalue weighted by Crippen LogP contribution is -2.29. The number of amides is 1. The van der Waals surface area contributed by atoms with Crippen LogP contribution in [0.25, 0.3) is 0 Å². The fourth-order valence-electron chi connectivity index (χ4n) is 2.18. The number of rotatable bonds is 6. The second-order valence-corrected chi connectivity index (χ2v) is 5.52. The van der Waals surface area contributed by atoms with Gasteiger partial charge in [0.05, 0.1) is 5.56 Å². The number of aliphatic hydroxyl groups is 1. The largest absolute Gasteiger partial charge is 0.386 e. The van der Waals surface area contributed by atoms with Crippen LogP contribution in [0.4, 0.5) is 8.78 Å². The van der Waals surface area contributed by atoms with Gasteiger partial charge in [0, 0.05) is 18.0 Å². The fourth-order valence-corrected chi connectivity index (χ4v) is 2.39. The fraction of sp³-hybridized carbons (Fsp3) is 0.235. The van der Waals surface area contributed by atoms with Gasteiger partial charge < -0.3 is 10.4 Å². The van der Waals surface area contributed by atoms with Crippen LogP contribution in [-0.4, -0.2) is 17.6 Å². The summed E-state index contributed by atoms with van der Waals surface area (Å²) in [6.45, 7) is -0.258. The monoisotopic (exact) mass is 339 g/mol. The molecule has 0 fully saturated rings. The summed E-state index contributed by atoms with van der Waals surface area (Å²) in [6, 6.07) is 10.5. The van der Waals surface area contributed by atoms with E-state index >= 15 is 0 Å². The van der Waals surface area contributed by atoms with E-state index in [1.165, 1.54) is 6.07 Å². The van der Waals surface area contributed by atoms with Gasteiger partial charge in [0.1, 0.15) is 17.7 Å². The van der Waals surface area contributed by atoms with Crippen molar-refractivity contribution in [1.29, 1.82) is 0 Å². The minimum Gasteiger partial charge on any atom is -0.386 e. The van der Waals surface area contributed by atoms with Crippen LogP contribution in [0.15, 0.2) is 42.5 Å². The van der Waals surface area contributed by atoms with E-state index < -0.39 is 23.3 Å². The van der Waals surface area contributed by atoms with Gasteiger partial charge in [0.2, 0.25) is 5.91 Å². The zero-order valence-corrected chi connectivity index (χ0v) is 13.0. The first-order chi connectivity index (χ1) is 11.0. The summed E-state index contributed by atoms with van der Waals surface area (Å²) in [5, 5.41) is 12.9. The van der Waals surface area contributed by atoms with E-state index in [0.29, 0.717) is 11.4 Å². The minimum atomic E-state index is -1.44. The van der Waals surface area contributed by atoms with E-state index in [2.05, 4.69) is 5.32 Å². The van der Waals surface area contributed by atoms with Gasteiger partial charge in [-0.1, -0.05) is 29.8 Å². The van der Waals surface area contributed by atoms with Crippen molar-refractivity contribution in [3.8, 4) is 0 Å². The van der Waals surface area contributed by atoms with Crippen LogP contribution in [0, 0.1) is 11.6 Å². The molecule has 0 radical (unpaired) electrons. The maximum atomic E-state index is 13.5. The highest BCUT2D eigenvalue weighted by molar-refractivity contribution is 6.30. The molecular formula is C17H16ClF2NO2. The number of hydrogen-bond donors (Lipinski definition) is 2. The highest BCUT2D eigenvalue weighted by atomic mass is 35.5. The van der Waals surface area contributed by atoms with Crippen LogP contribution in [0.5, 0.6) is 0 Å². The Hall–Kier alpha value is -1.98. The quantitative estimate of drug-likeness (QED) is 0.847. The first-order valence-electron chi connectivity index (χ1n) is 7.10. The second kappa shape index (κ2) is 8.04. The molecule has 0 aliphatic rings. The molecule has 2 aromatic rings. The molecule has 2 N–H and O–H groups in total. The number of carbonyl (C=O) groups excluding carboxylic acids is 1. The molecule has 0 saturated carbocycles. The second-order valence-electron chi connectivity index (χ2n) is 5.09. The smallest absolute Gasteiger partial charge is 0.220 e. The van der Waals surface area contributed by atoms with E-state index in [1.807, 2.05) is 6.07 Å². The van der Waals surface area contributed by atoms with Gasteiger partial charge in [-0.3, -0.25) is 4.79 Å². The van der Waals surface area contributed by atoms with E-state index in [4.69, 9.17) is 11.6 Å². The van der Waals surface area contributed by atoms with Gasteiger partial charge in [0.15, 0.2) is 0 Å². The number of hydrogen-bond acceptors (Lipinski definition) is 2. The zero-order valence-electron chi connectivity index (χ0n) is 12.2. The van der Waals surface area contributed by atoms with Crippen molar-refractivity contribution in [2.75, 3.05) is 6.54 Å². The molecule has 0 aromatic heterocycles. The van der Waals surface area contributed by atoms with Crippen molar-refractivity contribution >= 4 is 17.5 Å². The maximum Gasteiger partial charge on any atom is 0.220 e. The third-order valence-corrected chi connectivity index (χ3v) is 3.59. The molecule has 0 bridgehead atoms. The molecule has 1 atom stereocenters. The lowest BCUT2D eigenvalue weighted by Gasteiger charge is -2.14. The maximum absolute atomic E-state index is 13.5. The van der Waals surface area contributed by atoms with Crippen LogP contribution >= 0.6 is 11.6 Å². The van der Waals surface area contributed by atoms with E-state index in [-0.39, 0.29) is 18.9 Å². The Morgan fingerprint density at radius 1 is 1.17 bits per heavy atom. The minimum absolute atomic E-state index is 0.187. The Kier molecular flexibility index (Phi) is 6.07. The number of benzene rings is 2. The Morgan fingerprint density at radius 3 is 2.48 bits per heavy atom. The average Bonchev–Trinajstić information content (AvgIpc) is 2.51. The third-order valence-electron chi connectivity index (χ3n) is 3.36. The lowest BCUT2D eigenvalue weighted by molar-refractivity contribution is -0.121. The first-order valence-corrected chi connectivity index (χ1v) is 7.48. The molecule has 1 amide bonds. The molecule has 0 aliphatic heterocycles. The van der Waals surface area contributed by atoms with E-state index in [1.54, 1.807) is 18.2 Å². The number of nitrogens with one attached hydrogen (secondary N) is 1. The van der Waals surface area contributed by atoms with Crippen LogP contribution in [0.2, 0.25) is 5.02 Å². The predicted molar refractivity (Wildman–Crippen MR) is 84.1 cm³/mol. The summed E-state index contributed by atoms with van der Waals surface area (Å²) in [4.78, 5) is 11.8. The highest BCUT2D eigenvalue weighted by Crippen LogP contribution is 2.20.